The number of hydrogen-bond acceptors (Lipinski definition) is 4. The van der Waals surface area contributed by atoms with E-state index < -0.39 is 0 Å². The molecule has 0 atom stereocenters. The van der Waals surface area contributed by atoms with Gasteiger partial charge in [0.1, 0.15) is 0 Å². The molecule has 0 aromatic rings. The van der Waals surface area contributed by atoms with Gasteiger partial charge in [-0.15, -0.1) is 0 Å². The van der Waals surface area contributed by atoms with Gasteiger partial charge in [0.15, 0.2) is 0 Å². The lowest BCUT2D eigenvalue weighted by atomic mass is 10.3. The van der Waals surface area contributed by atoms with E-state index in [4.69, 9.17) is 0 Å². The Hall–Kier alpha value is -0.220. The minimum Gasteiger partial charge on any atom is -0.373 e. The zero-order chi connectivity index (χ0) is 6.41. The molecule has 0 rings (SSSR count). The number of nitrogens with two attached hydrogens (primary N) is 1. The van der Waals surface area contributed by atoms with E-state index in [2.05, 4.69) is 23.4 Å². The van der Waals surface area contributed by atoms with E-state index in [0.29, 0.717) is 12.2 Å². The van der Waals surface area contributed by atoms with Crippen LogP contribution in [-0.4, -0.2) is 11.7 Å². The smallest absolute Gasteiger partial charge is 0.324 e. The van der Waals surface area contributed by atoms with Crippen LogP contribution in [0.25, 0.3) is 0 Å². The lowest BCUT2D eigenvalue weighted by molar-refractivity contribution is -0.144. The van der Waals surface area contributed by atoms with Gasteiger partial charge in [0.25, 0.3) is 0 Å². The highest BCUT2D eigenvalue weighted by Crippen LogP contribution is 1.91. The minimum absolute atomic E-state index is 0.361. The van der Waals surface area contributed by atoms with Crippen molar-refractivity contribution in [2.24, 2.45) is 5.90 Å². The standard InChI is InChI=1S/C4H9NO2S/c5-7-4(6)2-1-3-8/h8H,1-3,5H2. The van der Waals surface area contributed by atoms with Crippen LogP contribution >= 0.6 is 12.6 Å². The Balaban J connectivity index is 2.99. The molecule has 0 bridgehead atoms. The van der Waals surface area contributed by atoms with Crippen LogP contribution in [0.3, 0.4) is 0 Å². The van der Waals surface area contributed by atoms with Crippen molar-refractivity contribution in [3.05, 3.63) is 0 Å². The van der Waals surface area contributed by atoms with E-state index in [9.17, 15) is 4.79 Å². The van der Waals surface area contributed by atoms with Crippen LogP contribution < -0.4 is 5.90 Å². The summed E-state index contributed by atoms with van der Waals surface area (Å²) >= 11 is 3.89. The van der Waals surface area contributed by atoms with Gasteiger partial charge in [0, 0.05) is 6.42 Å². The van der Waals surface area contributed by atoms with Crippen molar-refractivity contribution in [1.82, 2.24) is 0 Å². The molecule has 3 nitrogen and oxygen atoms in total. The first-order chi connectivity index (χ1) is 3.81. The average molecular weight is 135 g/mol. The van der Waals surface area contributed by atoms with E-state index in [-0.39, 0.29) is 5.97 Å². The fourth-order valence-corrected chi connectivity index (χ4v) is 0.440. The van der Waals surface area contributed by atoms with E-state index in [0.717, 1.165) is 6.42 Å². The highest BCUT2D eigenvalue weighted by molar-refractivity contribution is 7.80. The van der Waals surface area contributed by atoms with Crippen LogP contribution in [0.2, 0.25) is 0 Å². The first kappa shape index (κ1) is 7.78. The largest absolute Gasteiger partial charge is 0.373 e. The summed E-state index contributed by atoms with van der Waals surface area (Å²) in [5, 5.41) is 0. The summed E-state index contributed by atoms with van der Waals surface area (Å²) in [6.45, 7) is 0. The van der Waals surface area contributed by atoms with Crippen LogP contribution in [-0.2, 0) is 9.63 Å². The molecule has 0 amide bonds. The summed E-state index contributed by atoms with van der Waals surface area (Å²) in [7, 11) is 0. The predicted octanol–water partition coefficient (Wildman–Crippen LogP) is 0.113. The second-order valence-corrected chi connectivity index (χ2v) is 1.76. The molecule has 0 fully saturated rings. The molecule has 0 aliphatic heterocycles. The van der Waals surface area contributed by atoms with Gasteiger partial charge in [-0.05, 0) is 12.2 Å². The van der Waals surface area contributed by atoms with Gasteiger partial charge in [-0.3, -0.25) is 4.79 Å². The van der Waals surface area contributed by atoms with Gasteiger partial charge in [0.2, 0.25) is 0 Å². The Kier molecular flexibility index (Phi) is 4.79. The monoisotopic (exact) mass is 135 g/mol. The normalized spacial score (nSPS) is 8.75. The molecule has 0 aliphatic carbocycles. The van der Waals surface area contributed by atoms with E-state index >= 15 is 0 Å². The SMILES string of the molecule is NOC(=O)CCCS. The first-order valence-corrected chi connectivity index (χ1v) is 2.95. The highest BCUT2D eigenvalue weighted by atomic mass is 32.1. The summed E-state index contributed by atoms with van der Waals surface area (Å²) in [6.07, 6.45) is 1.08. The van der Waals surface area contributed by atoms with Crippen LogP contribution in [0.1, 0.15) is 12.8 Å². The molecule has 0 heterocycles. The quantitative estimate of drug-likeness (QED) is 0.426. The number of hydrogen-bond donors (Lipinski definition) is 2. The molecule has 0 aromatic heterocycles. The Morgan fingerprint density at radius 1 is 1.75 bits per heavy atom. The number of carbonyl (C=O) groups is 1. The summed E-state index contributed by atoms with van der Waals surface area (Å²) < 4.78 is 0. The van der Waals surface area contributed by atoms with Gasteiger partial charge < -0.3 is 4.84 Å². The summed E-state index contributed by atoms with van der Waals surface area (Å²) in [5.41, 5.74) is 0. The van der Waals surface area contributed by atoms with Crippen molar-refractivity contribution in [2.45, 2.75) is 12.8 Å². The maximum Gasteiger partial charge on any atom is 0.324 e. The molecular formula is C4H9NO2S. The number of rotatable bonds is 3. The van der Waals surface area contributed by atoms with Gasteiger partial charge in [-0.2, -0.15) is 18.5 Å². The highest BCUT2D eigenvalue weighted by Gasteiger charge is 1.96. The van der Waals surface area contributed by atoms with Gasteiger partial charge in [0.05, 0.1) is 0 Å². The molecule has 0 saturated heterocycles. The molecule has 0 radical (unpaired) electrons. The Bertz CT molecular complexity index is 76.4. The summed E-state index contributed by atoms with van der Waals surface area (Å²) in [6, 6.07) is 0. The third kappa shape index (κ3) is 3.95. The van der Waals surface area contributed by atoms with Crippen molar-refractivity contribution in [3.8, 4) is 0 Å². The van der Waals surface area contributed by atoms with E-state index in [1.165, 1.54) is 0 Å². The molecule has 0 spiro atoms. The van der Waals surface area contributed by atoms with E-state index in [1.807, 2.05) is 0 Å². The zero-order valence-electron chi connectivity index (χ0n) is 4.46. The molecule has 48 valence electrons. The second kappa shape index (κ2) is 4.93. The van der Waals surface area contributed by atoms with Crippen molar-refractivity contribution >= 4 is 18.6 Å². The Labute approximate surface area is 53.6 Å². The molecule has 8 heavy (non-hydrogen) atoms. The van der Waals surface area contributed by atoms with E-state index in [1.54, 1.807) is 0 Å². The van der Waals surface area contributed by atoms with Gasteiger partial charge in [-0.25, -0.2) is 0 Å². The third-order valence-electron chi connectivity index (χ3n) is 0.670. The Morgan fingerprint density at radius 2 is 2.38 bits per heavy atom. The maximum absolute atomic E-state index is 10.2. The summed E-state index contributed by atoms with van der Waals surface area (Å²) in [5.74, 6) is 4.85. The van der Waals surface area contributed by atoms with Crippen molar-refractivity contribution in [2.75, 3.05) is 5.75 Å². The Morgan fingerprint density at radius 3 is 2.75 bits per heavy atom. The lowest BCUT2D eigenvalue weighted by Gasteiger charge is -1.92. The van der Waals surface area contributed by atoms with Crippen molar-refractivity contribution < 1.29 is 9.63 Å². The lowest BCUT2D eigenvalue weighted by Crippen LogP contribution is -2.09. The topological polar surface area (TPSA) is 52.3 Å². The van der Waals surface area contributed by atoms with Crippen LogP contribution in [0.5, 0.6) is 0 Å². The molecule has 0 saturated carbocycles. The number of thiol groups is 1. The first-order valence-electron chi connectivity index (χ1n) is 2.31. The maximum atomic E-state index is 10.2. The number of carbonyl (C=O) groups excluding carboxylic acids is 1. The molecular weight excluding hydrogens is 126 g/mol. The fourth-order valence-electron chi connectivity index (χ4n) is 0.282. The second-order valence-electron chi connectivity index (χ2n) is 1.32. The molecule has 0 unspecified atom stereocenters. The van der Waals surface area contributed by atoms with Crippen molar-refractivity contribution in [3.63, 3.8) is 0 Å². The molecule has 0 aromatic carbocycles. The third-order valence-corrected chi connectivity index (χ3v) is 0.987. The molecule has 0 aliphatic rings. The fraction of sp³-hybridized carbons (Fsp3) is 0.750. The predicted molar refractivity (Wildman–Crippen MR) is 33.4 cm³/mol. The van der Waals surface area contributed by atoms with Crippen molar-refractivity contribution in [1.29, 1.82) is 0 Å². The molecule has 2 N–H and O–H groups in total. The van der Waals surface area contributed by atoms with Crippen LogP contribution in [0.15, 0.2) is 0 Å². The van der Waals surface area contributed by atoms with Gasteiger partial charge >= 0.3 is 5.97 Å². The molecule has 4 heteroatoms. The van der Waals surface area contributed by atoms with Crippen LogP contribution in [0.4, 0.5) is 0 Å². The average Bonchev–Trinajstić information content (AvgIpc) is 1.83. The minimum atomic E-state index is -0.376. The zero-order valence-corrected chi connectivity index (χ0v) is 5.36. The summed E-state index contributed by atoms with van der Waals surface area (Å²) in [4.78, 5) is 14.1. The van der Waals surface area contributed by atoms with Crippen LogP contribution in [0, 0.1) is 0 Å². The van der Waals surface area contributed by atoms with Gasteiger partial charge in [-0.1, -0.05) is 0 Å².